The molecule has 0 aliphatic heterocycles. The normalized spacial score (nSPS) is 10.4. The van der Waals surface area contributed by atoms with E-state index in [1.54, 1.807) is 0 Å². The minimum absolute atomic E-state index is 0.587. The van der Waals surface area contributed by atoms with E-state index < -0.39 is 0 Å². The Morgan fingerprint density at radius 2 is 1.95 bits per heavy atom. The molecule has 0 amide bonds. The van der Waals surface area contributed by atoms with E-state index in [-0.39, 0.29) is 0 Å². The molecule has 5 nitrogen and oxygen atoms in total. The molecule has 0 aliphatic rings. The summed E-state index contributed by atoms with van der Waals surface area (Å²) in [6.07, 6.45) is 0.871. The fourth-order valence-electron chi connectivity index (χ4n) is 2.07. The average molecular weight is 286 g/mol. The Balaban J connectivity index is 2.36. The summed E-state index contributed by atoms with van der Waals surface area (Å²) in [5.41, 5.74) is 7.59. The second kappa shape index (κ2) is 7.59. The largest absolute Gasteiger partial charge is 0.478 e. The first-order valence-corrected chi connectivity index (χ1v) is 7.25. The van der Waals surface area contributed by atoms with Gasteiger partial charge in [0.05, 0.1) is 6.61 Å². The lowest BCUT2D eigenvalue weighted by molar-refractivity contribution is 0.326. The molecule has 0 atom stereocenters. The highest BCUT2D eigenvalue weighted by Gasteiger charge is 2.13. The first kappa shape index (κ1) is 15.3. The number of aromatic nitrogens is 2. The summed E-state index contributed by atoms with van der Waals surface area (Å²) in [7, 11) is 0. The zero-order valence-corrected chi connectivity index (χ0v) is 12.6. The molecule has 1 aromatic heterocycles. The van der Waals surface area contributed by atoms with Crippen LogP contribution in [-0.4, -0.2) is 29.7 Å². The van der Waals surface area contributed by atoms with Gasteiger partial charge in [-0.1, -0.05) is 18.2 Å². The van der Waals surface area contributed by atoms with E-state index in [0.29, 0.717) is 25.0 Å². The fraction of sp³-hybridized carbons (Fsp3) is 0.375. The maximum atomic E-state index is 5.65. The van der Waals surface area contributed by atoms with Crippen LogP contribution in [-0.2, 0) is 0 Å². The highest BCUT2D eigenvalue weighted by Crippen LogP contribution is 2.24. The molecule has 0 saturated carbocycles. The van der Waals surface area contributed by atoms with Gasteiger partial charge in [-0.05, 0) is 38.9 Å². The first-order chi connectivity index (χ1) is 10.2. The molecule has 0 saturated heterocycles. The van der Waals surface area contributed by atoms with Gasteiger partial charge in [0.15, 0.2) is 0 Å². The van der Waals surface area contributed by atoms with Crippen LogP contribution >= 0.6 is 0 Å². The molecule has 0 unspecified atom stereocenters. The minimum atomic E-state index is 0.587. The lowest BCUT2D eigenvalue weighted by atomic mass is 10.2. The molecule has 0 aliphatic carbocycles. The van der Waals surface area contributed by atoms with Gasteiger partial charge in [-0.25, -0.2) is 4.98 Å². The van der Waals surface area contributed by atoms with Crippen LogP contribution in [0.25, 0.3) is 0 Å². The third-order valence-corrected chi connectivity index (χ3v) is 3.01. The van der Waals surface area contributed by atoms with Crippen LogP contribution in [0.15, 0.2) is 36.4 Å². The molecule has 0 spiro atoms. The van der Waals surface area contributed by atoms with Crippen molar-refractivity contribution in [2.75, 3.05) is 24.6 Å². The van der Waals surface area contributed by atoms with Crippen LogP contribution < -0.4 is 15.4 Å². The Hall–Kier alpha value is -2.14. The number of hydrogen-bond acceptors (Lipinski definition) is 5. The third-order valence-electron chi connectivity index (χ3n) is 3.01. The monoisotopic (exact) mass is 286 g/mol. The van der Waals surface area contributed by atoms with Crippen LogP contribution in [0.3, 0.4) is 0 Å². The molecule has 2 rings (SSSR count). The highest BCUT2D eigenvalue weighted by atomic mass is 16.5. The molecule has 112 valence electrons. The van der Waals surface area contributed by atoms with E-state index >= 15 is 0 Å². The van der Waals surface area contributed by atoms with Crippen molar-refractivity contribution in [1.82, 2.24) is 9.97 Å². The predicted octanol–water partition coefficient (Wildman–Crippen LogP) is 2.67. The Morgan fingerprint density at radius 3 is 2.62 bits per heavy atom. The smallest absolute Gasteiger partial charge is 0.233 e. The number of nitrogens with two attached hydrogens (primary N) is 1. The predicted molar refractivity (Wildman–Crippen MR) is 85.1 cm³/mol. The molecule has 1 aromatic carbocycles. The second-order valence-electron chi connectivity index (χ2n) is 4.71. The molecular formula is C16H22N4O. The summed E-state index contributed by atoms with van der Waals surface area (Å²) < 4.78 is 5.52. The van der Waals surface area contributed by atoms with Crippen molar-refractivity contribution in [1.29, 1.82) is 0 Å². The number of hydrogen-bond donors (Lipinski definition) is 1. The van der Waals surface area contributed by atoms with Crippen molar-refractivity contribution in [2.24, 2.45) is 5.73 Å². The Morgan fingerprint density at radius 1 is 1.19 bits per heavy atom. The van der Waals surface area contributed by atoms with Gasteiger partial charge in [0.25, 0.3) is 0 Å². The second-order valence-corrected chi connectivity index (χ2v) is 4.71. The van der Waals surface area contributed by atoms with Gasteiger partial charge in [-0.3, -0.25) is 0 Å². The van der Waals surface area contributed by atoms with E-state index in [4.69, 9.17) is 10.5 Å². The number of rotatable bonds is 7. The number of nitrogens with zero attached hydrogens (tertiary/aromatic N) is 3. The number of anilines is 2. The van der Waals surface area contributed by atoms with Gasteiger partial charge in [0, 0.05) is 24.0 Å². The van der Waals surface area contributed by atoms with E-state index in [1.165, 1.54) is 0 Å². The molecule has 0 radical (unpaired) electrons. The molecule has 1 heterocycles. The third kappa shape index (κ3) is 4.16. The molecule has 0 bridgehead atoms. The summed E-state index contributed by atoms with van der Waals surface area (Å²) in [6, 6.07) is 11.9. The Kier molecular flexibility index (Phi) is 5.51. The van der Waals surface area contributed by atoms with Gasteiger partial charge < -0.3 is 15.4 Å². The summed E-state index contributed by atoms with van der Waals surface area (Å²) >= 11 is 0. The topological polar surface area (TPSA) is 64.3 Å². The standard InChI is InChI=1S/C16H22N4O/c1-3-21-15-12-13(2)18-16(19-15)20(11-7-10-17)14-8-5-4-6-9-14/h4-6,8-9,12H,3,7,10-11,17H2,1-2H3. The minimum Gasteiger partial charge on any atom is -0.478 e. The van der Waals surface area contributed by atoms with Crippen molar-refractivity contribution in [2.45, 2.75) is 20.3 Å². The Bertz CT molecular complexity index is 559. The zero-order chi connectivity index (χ0) is 15.1. The molecule has 21 heavy (non-hydrogen) atoms. The maximum absolute atomic E-state index is 5.65. The van der Waals surface area contributed by atoms with E-state index in [0.717, 1.165) is 24.3 Å². The average Bonchev–Trinajstić information content (AvgIpc) is 2.48. The number of aryl methyl sites for hydroxylation is 1. The quantitative estimate of drug-likeness (QED) is 0.847. The summed E-state index contributed by atoms with van der Waals surface area (Å²) in [4.78, 5) is 11.1. The molecule has 5 heteroatoms. The number of para-hydroxylation sites is 1. The number of benzene rings is 1. The maximum Gasteiger partial charge on any atom is 0.233 e. The van der Waals surface area contributed by atoms with E-state index in [9.17, 15) is 0 Å². The Labute approximate surface area is 125 Å². The van der Waals surface area contributed by atoms with Gasteiger partial charge >= 0.3 is 0 Å². The van der Waals surface area contributed by atoms with E-state index in [2.05, 4.69) is 14.9 Å². The summed E-state index contributed by atoms with van der Waals surface area (Å²) in [5.74, 6) is 1.26. The van der Waals surface area contributed by atoms with Crippen LogP contribution in [0.4, 0.5) is 11.6 Å². The van der Waals surface area contributed by atoms with Gasteiger partial charge in [0.1, 0.15) is 0 Å². The van der Waals surface area contributed by atoms with Crippen molar-refractivity contribution in [3.63, 3.8) is 0 Å². The molecule has 0 fully saturated rings. The first-order valence-electron chi connectivity index (χ1n) is 7.25. The van der Waals surface area contributed by atoms with Crippen LogP contribution in [0.5, 0.6) is 5.88 Å². The lowest BCUT2D eigenvalue weighted by Gasteiger charge is -2.23. The fourth-order valence-corrected chi connectivity index (χ4v) is 2.07. The summed E-state index contributed by atoms with van der Waals surface area (Å²) in [6.45, 7) is 5.88. The zero-order valence-electron chi connectivity index (χ0n) is 12.6. The molecular weight excluding hydrogens is 264 g/mol. The number of ether oxygens (including phenoxy) is 1. The molecule has 2 N–H and O–H groups in total. The van der Waals surface area contributed by atoms with Crippen LogP contribution in [0, 0.1) is 6.92 Å². The van der Waals surface area contributed by atoms with E-state index in [1.807, 2.05) is 50.2 Å². The van der Waals surface area contributed by atoms with Crippen molar-refractivity contribution >= 4 is 11.6 Å². The lowest BCUT2D eigenvalue weighted by Crippen LogP contribution is -2.23. The van der Waals surface area contributed by atoms with Crippen molar-refractivity contribution in [3.05, 3.63) is 42.1 Å². The molecule has 2 aromatic rings. The highest BCUT2D eigenvalue weighted by molar-refractivity contribution is 5.57. The van der Waals surface area contributed by atoms with Crippen LogP contribution in [0.2, 0.25) is 0 Å². The summed E-state index contributed by atoms with van der Waals surface area (Å²) in [5, 5.41) is 0. The van der Waals surface area contributed by atoms with Crippen molar-refractivity contribution < 1.29 is 4.74 Å². The van der Waals surface area contributed by atoms with Gasteiger partial charge in [-0.15, -0.1) is 0 Å². The van der Waals surface area contributed by atoms with Crippen molar-refractivity contribution in [3.8, 4) is 5.88 Å². The SMILES string of the molecule is CCOc1cc(C)nc(N(CCCN)c2ccccc2)n1. The van der Waals surface area contributed by atoms with Crippen LogP contribution in [0.1, 0.15) is 19.0 Å². The van der Waals surface area contributed by atoms with Gasteiger partial charge in [0.2, 0.25) is 11.8 Å². The van der Waals surface area contributed by atoms with Gasteiger partial charge in [-0.2, -0.15) is 4.98 Å².